The Bertz CT molecular complexity index is 852. The maximum atomic E-state index is 13.0. The van der Waals surface area contributed by atoms with Crippen molar-refractivity contribution in [3.63, 3.8) is 0 Å². The number of carbonyl (C=O) groups is 1. The van der Waals surface area contributed by atoms with Gasteiger partial charge in [-0.1, -0.05) is 12.1 Å². The van der Waals surface area contributed by atoms with Crippen molar-refractivity contribution in [2.45, 2.75) is 18.9 Å². The number of likely N-dealkylation sites (tertiary alicyclic amines) is 1. The van der Waals surface area contributed by atoms with Gasteiger partial charge < -0.3 is 29.3 Å². The summed E-state index contributed by atoms with van der Waals surface area (Å²) in [6.07, 6.45) is 2.45. The highest BCUT2D eigenvalue weighted by Gasteiger charge is 2.28. The standard InChI is InChI=1S/C24H33N3O4/c1-26(2)19-10-8-17(9-11-19)20(27-12-6-7-13-27)16-25-24(28)18-14-21(29-3)23(31-5)22(15-18)30-4/h8-11,14-15,20H,6-7,12-13,16H2,1-5H3,(H,25,28)/p+1/t20-/m1/s1. The van der Waals surface area contributed by atoms with Crippen LogP contribution in [0.15, 0.2) is 36.4 Å². The van der Waals surface area contributed by atoms with Crippen LogP contribution in [0, 0.1) is 0 Å². The summed E-state index contributed by atoms with van der Waals surface area (Å²) in [4.78, 5) is 16.6. The first-order valence-corrected chi connectivity index (χ1v) is 10.7. The Morgan fingerprint density at radius 2 is 1.58 bits per heavy atom. The normalized spacial score (nSPS) is 14.7. The molecule has 7 heteroatoms. The Balaban J connectivity index is 1.79. The van der Waals surface area contributed by atoms with Crippen LogP contribution in [-0.4, -0.2) is 61.0 Å². The molecule has 168 valence electrons. The van der Waals surface area contributed by atoms with Crippen LogP contribution in [0.3, 0.4) is 0 Å². The highest BCUT2D eigenvalue weighted by Crippen LogP contribution is 2.38. The monoisotopic (exact) mass is 428 g/mol. The van der Waals surface area contributed by atoms with Crippen LogP contribution in [0.5, 0.6) is 17.2 Å². The van der Waals surface area contributed by atoms with E-state index in [2.05, 4.69) is 34.5 Å². The van der Waals surface area contributed by atoms with Crippen LogP contribution >= 0.6 is 0 Å². The molecule has 1 aliphatic rings. The Hall–Kier alpha value is -2.93. The van der Waals surface area contributed by atoms with Gasteiger partial charge in [0.25, 0.3) is 5.91 Å². The summed E-state index contributed by atoms with van der Waals surface area (Å²) in [5, 5.41) is 3.13. The number of amides is 1. The highest BCUT2D eigenvalue weighted by atomic mass is 16.5. The number of hydrogen-bond donors (Lipinski definition) is 2. The van der Waals surface area contributed by atoms with Gasteiger partial charge >= 0.3 is 0 Å². The summed E-state index contributed by atoms with van der Waals surface area (Å²) in [6.45, 7) is 2.81. The smallest absolute Gasteiger partial charge is 0.251 e. The summed E-state index contributed by atoms with van der Waals surface area (Å²) in [5.74, 6) is 1.25. The minimum atomic E-state index is -0.159. The van der Waals surface area contributed by atoms with E-state index in [-0.39, 0.29) is 11.9 Å². The van der Waals surface area contributed by atoms with Crippen molar-refractivity contribution in [2.75, 3.05) is 60.0 Å². The van der Waals surface area contributed by atoms with E-state index in [9.17, 15) is 4.79 Å². The molecule has 2 N–H and O–H groups in total. The Morgan fingerprint density at radius 3 is 2.06 bits per heavy atom. The fourth-order valence-electron chi connectivity index (χ4n) is 4.19. The van der Waals surface area contributed by atoms with Gasteiger partial charge in [-0.05, 0) is 24.3 Å². The fourth-order valence-corrected chi connectivity index (χ4v) is 4.19. The highest BCUT2D eigenvalue weighted by molar-refractivity contribution is 5.95. The molecule has 0 unspecified atom stereocenters. The third-order valence-corrected chi connectivity index (χ3v) is 5.94. The average Bonchev–Trinajstić information content (AvgIpc) is 3.32. The van der Waals surface area contributed by atoms with Crippen molar-refractivity contribution in [2.24, 2.45) is 0 Å². The van der Waals surface area contributed by atoms with Crippen molar-refractivity contribution in [3.05, 3.63) is 47.5 Å². The second-order valence-electron chi connectivity index (χ2n) is 8.03. The van der Waals surface area contributed by atoms with Crippen molar-refractivity contribution in [1.29, 1.82) is 0 Å². The van der Waals surface area contributed by atoms with Crippen molar-refractivity contribution in [3.8, 4) is 17.2 Å². The molecule has 3 rings (SSSR count). The summed E-state index contributed by atoms with van der Waals surface area (Å²) in [7, 11) is 8.71. The van der Waals surface area contributed by atoms with Crippen LogP contribution < -0.4 is 29.3 Å². The van der Waals surface area contributed by atoms with E-state index < -0.39 is 0 Å². The molecule has 2 aromatic carbocycles. The number of hydrogen-bond acceptors (Lipinski definition) is 5. The van der Waals surface area contributed by atoms with Gasteiger partial charge in [-0.3, -0.25) is 4.79 Å². The first kappa shape index (κ1) is 22.7. The van der Waals surface area contributed by atoms with Gasteiger partial charge in [-0.2, -0.15) is 0 Å². The van der Waals surface area contributed by atoms with Crippen LogP contribution in [0.4, 0.5) is 5.69 Å². The molecule has 7 nitrogen and oxygen atoms in total. The Labute approximate surface area is 184 Å². The first-order valence-electron chi connectivity index (χ1n) is 10.7. The molecular weight excluding hydrogens is 394 g/mol. The number of carbonyl (C=O) groups excluding carboxylic acids is 1. The third kappa shape index (κ3) is 5.22. The summed E-state index contributed by atoms with van der Waals surface area (Å²) in [6, 6.07) is 12.2. The predicted octanol–water partition coefficient (Wildman–Crippen LogP) is 1.93. The maximum Gasteiger partial charge on any atom is 0.251 e. The van der Waals surface area contributed by atoms with E-state index in [1.807, 2.05) is 14.1 Å². The minimum Gasteiger partial charge on any atom is -0.493 e. The molecule has 1 aliphatic heterocycles. The SMILES string of the molecule is COc1cc(C(=O)NC[C@H](c2ccc(N(C)C)cc2)[NH+]2CCCC2)cc(OC)c1OC. The third-order valence-electron chi connectivity index (χ3n) is 5.94. The lowest BCUT2D eigenvalue weighted by Crippen LogP contribution is -3.11. The van der Waals surface area contributed by atoms with Crippen LogP contribution in [0.2, 0.25) is 0 Å². The number of ether oxygens (including phenoxy) is 3. The van der Waals surface area contributed by atoms with E-state index in [1.54, 1.807) is 33.5 Å². The molecule has 0 aliphatic carbocycles. The molecule has 1 amide bonds. The van der Waals surface area contributed by atoms with Gasteiger partial charge in [0.05, 0.1) is 41.0 Å². The second kappa shape index (κ2) is 10.4. The summed E-state index contributed by atoms with van der Waals surface area (Å²) >= 11 is 0. The Morgan fingerprint density at radius 1 is 1.00 bits per heavy atom. The molecular formula is C24H34N3O4+. The van der Waals surface area contributed by atoms with Gasteiger partial charge in [-0.25, -0.2) is 0 Å². The van der Waals surface area contributed by atoms with Gasteiger partial charge in [0.1, 0.15) is 6.04 Å². The lowest BCUT2D eigenvalue weighted by atomic mass is 10.0. The minimum absolute atomic E-state index is 0.159. The maximum absolute atomic E-state index is 13.0. The second-order valence-corrected chi connectivity index (χ2v) is 8.03. The van der Waals surface area contributed by atoms with E-state index in [1.165, 1.54) is 29.0 Å². The fraction of sp³-hybridized carbons (Fsp3) is 0.458. The zero-order chi connectivity index (χ0) is 22.4. The average molecular weight is 429 g/mol. The molecule has 0 bridgehead atoms. The predicted molar refractivity (Wildman–Crippen MR) is 122 cm³/mol. The Kier molecular flexibility index (Phi) is 7.63. The number of methoxy groups -OCH3 is 3. The zero-order valence-electron chi connectivity index (χ0n) is 19.2. The lowest BCUT2D eigenvalue weighted by Gasteiger charge is -2.26. The number of quaternary nitrogens is 1. The van der Waals surface area contributed by atoms with Gasteiger partial charge in [0, 0.05) is 43.8 Å². The van der Waals surface area contributed by atoms with E-state index >= 15 is 0 Å². The zero-order valence-corrected chi connectivity index (χ0v) is 19.2. The molecule has 1 heterocycles. The molecule has 1 saturated heterocycles. The number of nitrogens with zero attached hydrogens (tertiary/aromatic N) is 1. The lowest BCUT2D eigenvalue weighted by molar-refractivity contribution is -0.918. The van der Waals surface area contributed by atoms with Crippen LogP contribution in [0.25, 0.3) is 0 Å². The number of benzene rings is 2. The largest absolute Gasteiger partial charge is 0.493 e. The number of anilines is 1. The van der Waals surface area contributed by atoms with Crippen molar-refractivity contribution < 1.29 is 23.9 Å². The van der Waals surface area contributed by atoms with Crippen LogP contribution in [-0.2, 0) is 0 Å². The molecule has 2 aromatic rings. The summed E-state index contributed by atoms with van der Waals surface area (Å²) < 4.78 is 16.1. The molecule has 1 atom stereocenters. The van der Waals surface area contributed by atoms with Gasteiger partial charge in [0.15, 0.2) is 11.5 Å². The van der Waals surface area contributed by atoms with Gasteiger partial charge in [-0.15, -0.1) is 0 Å². The van der Waals surface area contributed by atoms with Crippen LogP contribution in [0.1, 0.15) is 34.8 Å². The van der Waals surface area contributed by atoms with E-state index in [0.29, 0.717) is 29.4 Å². The molecule has 31 heavy (non-hydrogen) atoms. The number of rotatable bonds is 9. The topological polar surface area (TPSA) is 64.5 Å². The molecule has 0 saturated carbocycles. The first-order chi connectivity index (χ1) is 15.0. The van der Waals surface area contributed by atoms with E-state index in [4.69, 9.17) is 14.2 Å². The molecule has 0 aromatic heterocycles. The number of nitrogens with one attached hydrogen (secondary N) is 2. The quantitative estimate of drug-likeness (QED) is 0.639. The van der Waals surface area contributed by atoms with E-state index in [0.717, 1.165) is 13.1 Å². The van der Waals surface area contributed by atoms with Crippen molar-refractivity contribution in [1.82, 2.24) is 5.32 Å². The molecule has 1 fully saturated rings. The molecule has 0 spiro atoms. The van der Waals surface area contributed by atoms with Gasteiger partial charge in [0.2, 0.25) is 5.75 Å². The van der Waals surface area contributed by atoms with Crippen molar-refractivity contribution >= 4 is 11.6 Å². The molecule has 0 radical (unpaired) electrons. The summed E-state index contributed by atoms with van der Waals surface area (Å²) in [5.41, 5.74) is 2.89.